The monoisotopic (exact) mass is 279 g/mol. The van der Waals surface area contributed by atoms with Crippen molar-refractivity contribution < 1.29 is 14.3 Å². The van der Waals surface area contributed by atoms with Crippen LogP contribution in [0.25, 0.3) is 11.0 Å². The maximum Gasteiger partial charge on any atom is 0.407 e. The number of fused-ring (bicyclic) bond motifs is 2. The second kappa shape index (κ2) is 4.28. The molecule has 0 fully saturated rings. The molecule has 3 rings (SSSR count). The van der Waals surface area contributed by atoms with Crippen molar-refractivity contribution in [2.45, 2.75) is 13.0 Å². The number of benzene rings is 1. The highest BCUT2D eigenvalue weighted by molar-refractivity contribution is 6.34. The topological polar surface area (TPSA) is 70.8 Å². The molecule has 0 saturated heterocycles. The molecule has 0 atom stereocenters. The van der Waals surface area contributed by atoms with Crippen LogP contribution in [0.5, 0.6) is 0 Å². The van der Waals surface area contributed by atoms with Crippen LogP contribution in [-0.4, -0.2) is 22.6 Å². The van der Waals surface area contributed by atoms with Crippen LogP contribution in [0, 0.1) is 0 Å². The highest BCUT2D eigenvalue weighted by Crippen LogP contribution is 2.26. The quantitative estimate of drug-likeness (QED) is 0.804. The second-order valence-corrected chi connectivity index (χ2v) is 4.81. The fourth-order valence-corrected chi connectivity index (χ4v) is 2.52. The molecule has 1 N–H and O–H groups in total. The fourth-order valence-electron chi connectivity index (χ4n) is 2.31. The van der Waals surface area contributed by atoms with Gasteiger partial charge in [-0.15, -0.1) is 0 Å². The van der Waals surface area contributed by atoms with Crippen LogP contribution in [0.1, 0.15) is 11.3 Å². The molecule has 2 heterocycles. The number of hydrogen-bond donors (Lipinski definition) is 1. The fraction of sp³-hybridized carbons (Fsp3) is 0.231. The molecule has 19 heavy (non-hydrogen) atoms. The van der Waals surface area contributed by atoms with E-state index in [-0.39, 0.29) is 12.0 Å². The maximum atomic E-state index is 12.3. The summed E-state index contributed by atoms with van der Waals surface area (Å²) < 4.78 is 5.64. The second-order valence-electron chi connectivity index (χ2n) is 4.40. The number of para-hydroxylation sites is 1. The van der Waals surface area contributed by atoms with Gasteiger partial charge in [-0.1, -0.05) is 17.7 Å². The molecule has 0 spiro atoms. The van der Waals surface area contributed by atoms with Crippen LogP contribution in [0.2, 0.25) is 5.02 Å². The number of hydrogen-bond acceptors (Lipinski definition) is 3. The van der Waals surface area contributed by atoms with Gasteiger partial charge in [-0.05, 0) is 18.6 Å². The van der Waals surface area contributed by atoms with E-state index in [1.807, 2.05) is 0 Å². The highest BCUT2D eigenvalue weighted by atomic mass is 35.5. The largest absolute Gasteiger partial charge is 0.465 e. The van der Waals surface area contributed by atoms with Crippen molar-refractivity contribution in [1.82, 2.24) is 4.90 Å². The van der Waals surface area contributed by atoms with E-state index in [1.54, 1.807) is 18.2 Å². The van der Waals surface area contributed by atoms with Crippen LogP contribution < -0.4 is 5.43 Å². The Morgan fingerprint density at radius 3 is 2.95 bits per heavy atom. The van der Waals surface area contributed by atoms with Crippen molar-refractivity contribution in [3.05, 3.63) is 44.8 Å². The third-order valence-electron chi connectivity index (χ3n) is 3.28. The first-order valence-electron chi connectivity index (χ1n) is 5.79. The summed E-state index contributed by atoms with van der Waals surface area (Å²) in [7, 11) is 0. The summed E-state index contributed by atoms with van der Waals surface area (Å²) in [5.41, 5.74) is 0.746. The molecule has 6 heteroatoms. The summed E-state index contributed by atoms with van der Waals surface area (Å²) in [6, 6.07) is 4.99. The molecule has 2 aromatic rings. The third-order valence-corrected chi connectivity index (χ3v) is 3.58. The maximum absolute atomic E-state index is 12.3. The summed E-state index contributed by atoms with van der Waals surface area (Å²) >= 11 is 6.01. The zero-order chi connectivity index (χ0) is 13.6. The van der Waals surface area contributed by atoms with Gasteiger partial charge in [-0.3, -0.25) is 4.79 Å². The Kier molecular flexibility index (Phi) is 2.71. The lowest BCUT2D eigenvalue weighted by molar-refractivity contribution is 0.135. The van der Waals surface area contributed by atoms with Gasteiger partial charge in [0.2, 0.25) is 0 Å². The molecule has 0 unspecified atom stereocenters. The van der Waals surface area contributed by atoms with Crippen molar-refractivity contribution in [3.63, 3.8) is 0 Å². The van der Waals surface area contributed by atoms with Crippen LogP contribution >= 0.6 is 11.6 Å². The SMILES string of the molecule is O=C(O)N1CCc2c(oc3c(Cl)cccc3c2=O)C1. The molecule has 1 aromatic heterocycles. The number of rotatable bonds is 0. The average Bonchev–Trinajstić information content (AvgIpc) is 2.40. The van der Waals surface area contributed by atoms with Gasteiger partial charge >= 0.3 is 6.09 Å². The Balaban J connectivity index is 2.23. The van der Waals surface area contributed by atoms with E-state index in [4.69, 9.17) is 21.1 Å². The number of carboxylic acid groups (broad SMARTS) is 1. The van der Waals surface area contributed by atoms with Gasteiger partial charge in [0.05, 0.1) is 17.0 Å². The van der Waals surface area contributed by atoms with Crippen LogP contribution in [-0.2, 0) is 13.0 Å². The van der Waals surface area contributed by atoms with Gasteiger partial charge in [-0.2, -0.15) is 0 Å². The minimum atomic E-state index is -1.02. The minimum Gasteiger partial charge on any atom is -0.465 e. The minimum absolute atomic E-state index is 0.0844. The normalized spacial score (nSPS) is 14.5. The first kappa shape index (κ1) is 12.0. The Morgan fingerprint density at radius 2 is 2.21 bits per heavy atom. The van der Waals surface area contributed by atoms with Gasteiger partial charge in [0.1, 0.15) is 5.76 Å². The average molecular weight is 280 g/mol. The van der Waals surface area contributed by atoms with Crippen molar-refractivity contribution in [2.75, 3.05) is 6.54 Å². The summed E-state index contributed by atoms with van der Waals surface area (Å²) in [6.07, 6.45) is -0.653. The van der Waals surface area contributed by atoms with E-state index >= 15 is 0 Å². The van der Waals surface area contributed by atoms with E-state index in [0.717, 1.165) is 0 Å². The Hall–Kier alpha value is -2.01. The van der Waals surface area contributed by atoms with Gasteiger partial charge in [0.25, 0.3) is 0 Å². The van der Waals surface area contributed by atoms with E-state index in [2.05, 4.69) is 0 Å². The molecule has 98 valence electrons. The van der Waals surface area contributed by atoms with Gasteiger partial charge in [0.15, 0.2) is 11.0 Å². The molecule has 0 bridgehead atoms. The smallest absolute Gasteiger partial charge is 0.407 e. The molecule has 1 amide bonds. The number of carbonyl (C=O) groups is 1. The van der Waals surface area contributed by atoms with Gasteiger partial charge in [-0.25, -0.2) is 4.79 Å². The molecular weight excluding hydrogens is 270 g/mol. The Morgan fingerprint density at radius 1 is 1.42 bits per heavy atom. The first-order valence-corrected chi connectivity index (χ1v) is 6.16. The third kappa shape index (κ3) is 1.86. The standard InChI is InChI=1S/C13H10ClNO4/c14-9-3-1-2-8-11(16)7-4-5-15(13(17)18)6-10(7)19-12(8)9/h1-3H,4-6H2,(H,17,18). The molecule has 5 nitrogen and oxygen atoms in total. The van der Waals surface area contributed by atoms with E-state index in [0.29, 0.717) is 40.3 Å². The predicted molar refractivity (Wildman–Crippen MR) is 69.6 cm³/mol. The molecule has 0 saturated carbocycles. The summed E-state index contributed by atoms with van der Waals surface area (Å²) in [5, 5.41) is 9.77. The highest BCUT2D eigenvalue weighted by Gasteiger charge is 2.25. The lowest BCUT2D eigenvalue weighted by atomic mass is 10.0. The summed E-state index contributed by atoms with van der Waals surface area (Å²) in [4.78, 5) is 24.5. The first-order chi connectivity index (χ1) is 9.08. The number of nitrogens with zero attached hydrogens (tertiary/aromatic N) is 1. The lowest BCUT2D eigenvalue weighted by Gasteiger charge is -2.24. The van der Waals surface area contributed by atoms with E-state index < -0.39 is 6.09 Å². The number of halogens is 1. The zero-order valence-electron chi connectivity index (χ0n) is 9.85. The number of amides is 1. The molecular formula is C13H10ClNO4. The Bertz CT molecular complexity index is 737. The predicted octanol–water partition coefficient (Wildman–Crippen LogP) is 2.48. The van der Waals surface area contributed by atoms with Crippen LogP contribution in [0.3, 0.4) is 0 Å². The molecule has 1 aliphatic rings. The molecule has 0 radical (unpaired) electrons. The van der Waals surface area contributed by atoms with Crippen LogP contribution in [0.4, 0.5) is 4.79 Å². The molecule has 0 aliphatic carbocycles. The van der Waals surface area contributed by atoms with Gasteiger partial charge < -0.3 is 14.4 Å². The van der Waals surface area contributed by atoms with E-state index in [1.165, 1.54) is 4.90 Å². The lowest BCUT2D eigenvalue weighted by Crippen LogP contribution is -2.36. The van der Waals surface area contributed by atoms with E-state index in [9.17, 15) is 9.59 Å². The van der Waals surface area contributed by atoms with Gasteiger partial charge in [0, 0.05) is 12.1 Å². The van der Waals surface area contributed by atoms with Crippen LogP contribution in [0.15, 0.2) is 27.4 Å². The van der Waals surface area contributed by atoms with Crippen molar-refractivity contribution in [3.8, 4) is 0 Å². The Labute approximate surface area is 113 Å². The molecule has 1 aromatic carbocycles. The zero-order valence-corrected chi connectivity index (χ0v) is 10.6. The summed E-state index contributed by atoms with van der Waals surface area (Å²) in [6.45, 7) is 0.389. The van der Waals surface area contributed by atoms with Crippen molar-refractivity contribution in [2.24, 2.45) is 0 Å². The van der Waals surface area contributed by atoms with Crippen molar-refractivity contribution >= 4 is 28.7 Å². The summed E-state index contributed by atoms with van der Waals surface area (Å²) in [5.74, 6) is 0.388. The van der Waals surface area contributed by atoms with Crippen molar-refractivity contribution in [1.29, 1.82) is 0 Å². The molecule has 1 aliphatic heterocycles.